The van der Waals surface area contributed by atoms with Gasteiger partial charge in [0.25, 0.3) is 0 Å². The molecule has 2 N–H and O–H groups in total. The summed E-state index contributed by atoms with van der Waals surface area (Å²) in [6.45, 7) is 2.17. The fourth-order valence-electron chi connectivity index (χ4n) is 1.44. The van der Waals surface area contributed by atoms with Gasteiger partial charge in [-0.3, -0.25) is 0 Å². The Kier molecular flexibility index (Phi) is 5.14. The molecule has 0 aromatic rings. The lowest BCUT2D eigenvalue weighted by Gasteiger charge is -2.27. The summed E-state index contributed by atoms with van der Waals surface area (Å²) in [4.78, 5) is 23.1. The molecule has 5 nitrogen and oxygen atoms in total. The predicted octanol–water partition coefficient (Wildman–Crippen LogP) is 1.09. The molecule has 1 rings (SSSR count). The Morgan fingerprint density at radius 1 is 1.65 bits per heavy atom. The molecule has 0 spiro atoms. The molecule has 1 atom stereocenters. The third-order valence-electron chi connectivity index (χ3n) is 2.34. The molecule has 0 fully saturated rings. The molecule has 0 aromatic heterocycles. The van der Waals surface area contributed by atoms with Crippen molar-refractivity contribution >= 4 is 35.4 Å². The number of ether oxygens (including phenoxy) is 1. The Morgan fingerprint density at radius 2 is 2.35 bits per heavy atom. The van der Waals surface area contributed by atoms with Crippen LogP contribution in [-0.4, -0.2) is 42.8 Å². The second kappa shape index (κ2) is 6.16. The Morgan fingerprint density at radius 3 is 2.94 bits per heavy atom. The highest BCUT2D eigenvalue weighted by atomic mass is 35.5. The number of nitrogens with one attached hydrogen (secondary N) is 2. The SMILES string of the molecule is COC(=O)C1=CSCC1(C)NC(=O)NCCCl. The van der Waals surface area contributed by atoms with Gasteiger partial charge in [0.15, 0.2) is 0 Å². The Bertz CT molecular complexity index is 348. The van der Waals surface area contributed by atoms with E-state index in [1.165, 1.54) is 18.9 Å². The van der Waals surface area contributed by atoms with Gasteiger partial charge in [-0.05, 0) is 12.3 Å². The molecular formula is C10H15ClN2O3S. The Balaban J connectivity index is 2.65. The van der Waals surface area contributed by atoms with Crippen LogP contribution in [0.3, 0.4) is 0 Å². The lowest BCUT2D eigenvalue weighted by molar-refractivity contribution is -0.136. The molecule has 0 saturated heterocycles. The summed E-state index contributed by atoms with van der Waals surface area (Å²) in [6.07, 6.45) is 0. The van der Waals surface area contributed by atoms with Crippen molar-refractivity contribution in [2.24, 2.45) is 0 Å². The van der Waals surface area contributed by atoms with Gasteiger partial charge in [-0.1, -0.05) is 0 Å². The first kappa shape index (κ1) is 14.2. The van der Waals surface area contributed by atoms with Crippen molar-refractivity contribution in [2.45, 2.75) is 12.5 Å². The van der Waals surface area contributed by atoms with Gasteiger partial charge in [-0.15, -0.1) is 23.4 Å². The van der Waals surface area contributed by atoms with E-state index in [-0.39, 0.29) is 6.03 Å². The molecule has 0 aliphatic carbocycles. The highest BCUT2D eigenvalue weighted by Gasteiger charge is 2.39. The summed E-state index contributed by atoms with van der Waals surface area (Å²) < 4.78 is 4.68. The normalized spacial score (nSPS) is 22.9. The number of hydrogen-bond acceptors (Lipinski definition) is 4. The Labute approximate surface area is 109 Å². The van der Waals surface area contributed by atoms with E-state index in [4.69, 9.17) is 11.6 Å². The minimum absolute atomic E-state index is 0.342. The lowest BCUT2D eigenvalue weighted by Crippen LogP contribution is -2.53. The highest BCUT2D eigenvalue weighted by Crippen LogP contribution is 2.32. The molecule has 1 heterocycles. The zero-order chi connectivity index (χ0) is 12.9. The number of methoxy groups -OCH3 is 1. The van der Waals surface area contributed by atoms with E-state index in [1.54, 1.807) is 12.3 Å². The number of carbonyl (C=O) groups excluding carboxylic acids is 2. The number of esters is 1. The summed E-state index contributed by atoms with van der Waals surface area (Å²) in [5, 5.41) is 7.06. The molecular weight excluding hydrogens is 264 g/mol. The standard InChI is InChI=1S/C10H15ClN2O3S/c1-10(13-9(15)12-4-3-11)6-17-5-7(10)8(14)16-2/h5H,3-4,6H2,1-2H3,(H2,12,13,15). The largest absolute Gasteiger partial charge is 0.466 e. The number of carbonyl (C=O) groups is 2. The number of hydrogen-bond donors (Lipinski definition) is 2. The molecule has 17 heavy (non-hydrogen) atoms. The second-order valence-corrected chi connectivity index (χ2v) is 4.97. The van der Waals surface area contributed by atoms with Crippen molar-refractivity contribution in [1.82, 2.24) is 10.6 Å². The van der Waals surface area contributed by atoms with Gasteiger partial charge >= 0.3 is 12.0 Å². The van der Waals surface area contributed by atoms with Crippen LogP contribution >= 0.6 is 23.4 Å². The number of halogens is 1. The van der Waals surface area contributed by atoms with Crippen LogP contribution in [0.15, 0.2) is 11.0 Å². The van der Waals surface area contributed by atoms with Crippen molar-refractivity contribution in [1.29, 1.82) is 0 Å². The summed E-state index contributed by atoms with van der Waals surface area (Å²) in [6, 6.07) is -0.342. The molecule has 96 valence electrons. The van der Waals surface area contributed by atoms with Gasteiger partial charge in [0.1, 0.15) is 0 Å². The lowest BCUT2D eigenvalue weighted by atomic mass is 9.95. The molecule has 0 saturated carbocycles. The van der Waals surface area contributed by atoms with E-state index >= 15 is 0 Å². The first-order valence-electron chi connectivity index (χ1n) is 5.06. The van der Waals surface area contributed by atoms with Crippen molar-refractivity contribution in [3.05, 3.63) is 11.0 Å². The van der Waals surface area contributed by atoms with Crippen LogP contribution in [0.2, 0.25) is 0 Å². The molecule has 2 amide bonds. The summed E-state index contributed by atoms with van der Waals surface area (Å²) >= 11 is 6.93. The maximum atomic E-state index is 11.6. The third-order valence-corrected chi connectivity index (χ3v) is 3.68. The quantitative estimate of drug-likeness (QED) is 0.597. The molecule has 7 heteroatoms. The first-order valence-corrected chi connectivity index (χ1v) is 6.64. The van der Waals surface area contributed by atoms with Crippen LogP contribution < -0.4 is 10.6 Å². The van der Waals surface area contributed by atoms with Crippen molar-refractivity contribution < 1.29 is 14.3 Å². The van der Waals surface area contributed by atoms with Crippen molar-refractivity contribution in [3.8, 4) is 0 Å². The van der Waals surface area contributed by atoms with Crippen molar-refractivity contribution in [3.63, 3.8) is 0 Å². The van der Waals surface area contributed by atoms with Crippen LogP contribution in [0.5, 0.6) is 0 Å². The number of amides is 2. The summed E-state index contributed by atoms with van der Waals surface area (Å²) in [5.74, 6) is 0.528. The molecule has 1 unspecified atom stereocenters. The molecule has 0 bridgehead atoms. The monoisotopic (exact) mass is 278 g/mol. The summed E-state index contributed by atoms with van der Waals surface area (Å²) in [7, 11) is 1.32. The fraction of sp³-hybridized carbons (Fsp3) is 0.600. The topological polar surface area (TPSA) is 67.4 Å². The van der Waals surface area contributed by atoms with Gasteiger partial charge in [-0.2, -0.15) is 0 Å². The van der Waals surface area contributed by atoms with Crippen LogP contribution in [-0.2, 0) is 9.53 Å². The molecule has 1 aliphatic rings. The molecule has 0 aromatic carbocycles. The van der Waals surface area contributed by atoms with E-state index in [0.29, 0.717) is 23.8 Å². The second-order valence-electron chi connectivity index (χ2n) is 3.74. The minimum atomic E-state index is -0.700. The fourth-order valence-corrected chi connectivity index (χ4v) is 2.70. The smallest absolute Gasteiger partial charge is 0.336 e. The van der Waals surface area contributed by atoms with Crippen LogP contribution in [0, 0.1) is 0 Å². The van der Waals surface area contributed by atoms with Gasteiger partial charge in [0.05, 0.1) is 18.2 Å². The molecule has 1 aliphatic heterocycles. The molecule has 0 radical (unpaired) electrons. The van der Waals surface area contributed by atoms with Gasteiger partial charge in [0.2, 0.25) is 0 Å². The van der Waals surface area contributed by atoms with E-state index < -0.39 is 11.5 Å². The first-order chi connectivity index (χ1) is 8.03. The average Bonchev–Trinajstić information content (AvgIpc) is 2.67. The maximum Gasteiger partial charge on any atom is 0.336 e. The van der Waals surface area contributed by atoms with E-state index in [2.05, 4.69) is 15.4 Å². The highest BCUT2D eigenvalue weighted by molar-refractivity contribution is 8.02. The van der Waals surface area contributed by atoms with Gasteiger partial charge in [0, 0.05) is 18.2 Å². The summed E-state index contributed by atoms with van der Waals surface area (Å²) in [5.41, 5.74) is -0.236. The average molecular weight is 279 g/mol. The zero-order valence-corrected chi connectivity index (χ0v) is 11.3. The van der Waals surface area contributed by atoms with E-state index in [0.717, 1.165) is 0 Å². The van der Waals surface area contributed by atoms with Crippen LogP contribution in [0.4, 0.5) is 4.79 Å². The van der Waals surface area contributed by atoms with Crippen LogP contribution in [0.25, 0.3) is 0 Å². The number of thioether (sulfide) groups is 1. The van der Waals surface area contributed by atoms with Gasteiger partial charge < -0.3 is 15.4 Å². The predicted molar refractivity (Wildman–Crippen MR) is 68.2 cm³/mol. The number of rotatable bonds is 4. The van der Waals surface area contributed by atoms with Crippen LogP contribution in [0.1, 0.15) is 6.92 Å². The van der Waals surface area contributed by atoms with E-state index in [9.17, 15) is 9.59 Å². The van der Waals surface area contributed by atoms with Crippen molar-refractivity contribution in [2.75, 3.05) is 25.3 Å². The number of alkyl halides is 1. The minimum Gasteiger partial charge on any atom is -0.466 e. The van der Waals surface area contributed by atoms with Gasteiger partial charge in [-0.25, -0.2) is 9.59 Å². The maximum absolute atomic E-state index is 11.6. The Hall–Kier alpha value is -0.880. The van der Waals surface area contributed by atoms with E-state index in [1.807, 2.05) is 0 Å². The third kappa shape index (κ3) is 3.54. The number of urea groups is 1. The zero-order valence-electron chi connectivity index (χ0n) is 9.71.